The molecule has 0 aromatic heterocycles. The first-order chi connectivity index (χ1) is 8.54. The van der Waals surface area contributed by atoms with Crippen molar-refractivity contribution in [3.05, 3.63) is 0 Å². The molecule has 0 unspecified atom stereocenters. The zero-order valence-electron chi connectivity index (χ0n) is 9.62. The second kappa shape index (κ2) is 5.22. The zero-order chi connectivity index (χ0) is 14.9. The van der Waals surface area contributed by atoms with Crippen molar-refractivity contribution in [2.45, 2.75) is 43.3 Å². The Balaban J connectivity index is 2.77. The first-order valence-corrected chi connectivity index (χ1v) is 5.92. The molecule has 1 aliphatic carbocycles. The molecule has 1 rings (SSSR count). The molecule has 0 radical (unpaired) electrons. The summed E-state index contributed by atoms with van der Waals surface area (Å²) in [5, 5.41) is 1.65. The van der Waals surface area contributed by atoms with Gasteiger partial charge in [-0.15, -0.1) is 11.6 Å². The van der Waals surface area contributed by atoms with Crippen LogP contribution in [0.4, 0.5) is 22.0 Å². The second-order valence-corrected chi connectivity index (χ2v) is 4.78. The van der Waals surface area contributed by atoms with Crippen LogP contribution in [0.3, 0.4) is 0 Å². The SMILES string of the molecule is O=C(CCl)CC1(NC(=O)C(F)(F)C(F)(F)F)CCC1. The number of amides is 1. The van der Waals surface area contributed by atoms with Gasteiger partial charge in [-0.25, -0.2) is 0 Å². The molecule has 0 aliphatic heterocycles. The lowest BCUT2D eigenvalue weighted by atomic mass is 9.73. The average Bonchev–Trinajstić information content (AvgIpc) is 2.23. The van der Waals surface area contributed by atoms with Gasteiger partial charge in [-0.1, -0.05) is 0 Å². The van der Waals surface area contributed by atoms with Crippen molar-refractivity contribution in [1.29, 1.82) is 0 Å². The molecule has 1 saturated carbocycles. The lowest BCUT2D eigenvalue weighted by Gasteiger charge is -2.42. The lowest BCUT2D eigenvalue weighted by Crippen LogP contribution is -2.61. The summed E-state index contributed by atoms with van der Waals surface area (Å²) in [7, 11) is 0. The topological polar surface area (TPSA) is 46.2 Å². The Morgan fingerprint density at radius 2 is 1.68 bits per heavy atom. The normalized spacial score (nSPS) is 18.6. The third-order valence-electron chi connectivity index (χ3n) is 3.02. The van der Waals surface area contributed by atoms with E-state index in [0.29, 0.717) is 6.42 Å². The van der Waals surface area contributed by atoms with Crippen LogP contribution in [0.2, 0.25) is 0 Å². The predicted molar refractivity (Wildman–Crippen MR) is 56.1 cm³/mol. The Bertz CT molecular complexity index is 379. The first-order valence-electron chi connectivity index (χ1n) is 5.39. The third-order valence-corrected chi connectivity index (χ3v) is 3.31. The minimum absolute atomic E-state index is 0.176. The molecule has 0 saturated heterocycles. The fourth-order valence-corrected chi connectivity index (χ4v) is 1.92. The Hall–Kier alpha value is -0.920. The number of carbonyl (C=O) groups excluding carboxylic acids is 2. The van der Waals surface area contributed by atoms with Gasteiger partial charge in [0.05, 0.1) is 5.88 Å². The molecule has 0 atom stereocenters. The standard InChI is InChI=1S/C10H11ClF5NO2/c11-5-6(18)4-8(2-1-3-8)17-7(19)9(12,13)10(14,15)16/h1-5H2,(H,17,19). The fourth-order valence-electron chi connectivity index (χ4n) is 1.82. The van der Waals surface area contributed by atoms with Gasteiger partial charge >= 0.3 is 18.0 Å². The largest absolute Gasteiger partial charge is 0.463 e. The summed E-state index contributed by atoms with van der Waals surface area (Å²) in [5.74, 6) is -8.80. The number of rotatable bonds is 5. The molecule has 9 heteroatoms. The molecule has 1 amide bonds. The molecule has 110 valence electrons. The molecule has 0 aromatic rings. The van der Waals surface area contributed by atoms with Crippen LogP contribution in [0.1, 0.15) is 25.7 Å². The number of hydrogen-bond acceptors (Lipinski definition) is 2. The molecular weight excluding hydrogens is 297 g/mol. The Morgan fingerprint density at radius 3 is 2.00 bits per heavy atom. The number of alkyl halides is 6. The summed E-state index contributed by atoms with van der Waals surface area (Å²) < 4.78 is 61.6. The molecule has 0 heterocycles. The number of ketones is 1. The van der Waals surface area contributed by atoms with Gasteiger partial charge in [0.2, 0.25) is 0 Å². The van der Waals surface area contributed by atoms with Crippen molar-refractivity contribution < 1.29 is 31.5 Å². The summed E-state index contributed by atoms with van der Waals surface area (Å²) in [5.41, 5.74) is -1.32. The van der Waals surface area contributed by atoms with Crippen molar-refractivity contribution in [2.24, 2.45) is 0 Å². The maximum absolute atomic E-state index is 12.8. The minimum atomic E-state index is -5.96. The van der Waals surface area contributed by atoms with E-state index in [1.54, 1.807) is 5.32 Å². The van der Waals surface area contributed by atoms with Crippen LogP contribution in [-0.2, 0) is 9.59 Å². The van der Waals surface area contributed by atoms with Crippen LogP contribution in [0.5, 0.6) is 0 Å². The Morgan fingerprint density at radius 1 is 1.16 bits per heavy atom. The van der Waals surface area contributed by atoms with E-state index in [1.165, 1.54) is 0 Å². The number of halogens is 6. The summed E-state index contributed by atoms with van der Waals surface area (Å²) >= 11 is 5.25. The minimum Gasteiger partial charge on any atom is -0.345 e. The maximum Gasteiger partial charge on any atom is 0.463 e. The van der Waals surface area contributed by atoms with E-state index in [-0.39, 0.29) is 25.1 Å². The zero-order valence-corrected chi connectivity index (χ0v) is 10.4. The average molecular weight is 308 g/mol. The molecule has 1 fully saturated rings. The van der Waals surface area contributed by atoms with E-state index in [2.05, 4.69) is 0 Å². The second-order valence-electron chi connectivity index (χ2n) is 4.51. The summed E-state index contributed by atoms with van der Waals surface area (Å²) in [6, 6.07) is 0. The molecular formula is C10H11ClF5NO2. The summed E-state index contributed by atoms with van der Waals surface area (Å²) in [6.45, 7) is 0. The van der Waals surface area contributed by atoms with Gasteiger partial charge in [0.1, 0.15) is 5.78 Å². The van der Waals surface area contributed by atoms with Crippen LogP contribution in [-0.4, -0.2) is 35.2 Å². The quantitative estimate of drug-likeness (QED) is 0.626. The van der Waals surface area contributed by atoms with Crippen molar-refractivity contribution in [3.63, 3.8) is 0 Å². The Labute approximate surface area is 110 Å². The molecule has 1 N–H and O–H groups in total. The van der Waals surface area contributed by atoms with E-state index in [1.807, 2.05) is 0 Å². The van der Waals surface area contributed by atoms with Crippen LogP contribution < -0.4 is 5.32 Å². The highest BCUT2D eigenvalue weighted by molar-refractivity contribution is 6.27. The molecule has 3 nitrogen and oxygen atoms in total. The van der Waals surface area contributed by atoms with Crippen LogP contribution in [0, 0.1) is 0 Å². The molecule has 0 bridgehead atoms. The van der Waals surface area contributed by atoms with Gasteiger partial charge < -0.3 is 5.32 Å². The van der Waals surface area contributed by atoms with Crippen molar-refractivity contribution in [3.8, 4) is 0 Å². The van der Waals surface area contributed by atoms with E-state index >= 15 is 0 Å². The highest BCUT2D eigenvalue weighted by atomic mass is 35.5. The van der Waals surface area contributed by atoms with Crippen LogP contribution in [0.25, 0.3) is 0 Å². The van der Waals surface area contributed by atoms with Crippen molar-refractivity contribution >= 4 is 23.3 Å². The van der Waals surface area contributed by atoms with Crippen molar-refractivity contribution in [2.75, 3.05) is 5.88 Å². The summed E-state index contributed by atoms with van der Waals surface area (Å²) in [6.07, 6.45) is -5.41. The highest BCUT2D eigenvalue weighted by Crippen LogP contribution is 2.39. The molecule has 19 heavy (non-hydrogen) atoms. The van der Waals surface area contributed by atoms with Gasteiger partial charge in [0.25, 0.3) is 0 Å². The number of carbonyl (C=O) groups is 2. The van der Waals surface area contributed by atoms with E-state index < -0.39 is 29.3 Å². The number of hydrogen-bond donors (Lipinski definition) is 1. The van der Waals surface area contributed by atoms with Crippen LogP contribution in [0.15, 0.2) is 0 Å². The first kappa shape index (κ1) is 16.1. The monoisotopic (exact) mass is 307 g/mol. The molecule has 0 aromatic carbocycles. The fraction of sp³-hybridized carbons (Fsp3) is 0.800. The Kier molecular flexibility index (Phi) is 4.44. The van der Waals surface area contributed by atoms with Gasteiger partial charge in [-0.05, 0) is 19.3 Å². The summed E-state index contributed by atoms with van der Waals surface area (Å²) in [4.78, 5) is 22.2. The number of Topliss-reactive ketones (excluding diaryl/α,β-unsaturated/α-hetero) is 1. The van der Waals surface area contributed by atoms with E-state index in [0.717, 1.165) is 0 Å². The number of nitrogens with one attached hydrogen (secondary N) is 1. The predicted octanol–water partition coefficient (Wildman–Crippen LogP) is 2.42. The smallest absolute Gasteiger partial charge is 0.345 e. The lowest BCUT2D eigenvalue weighted by molar-refractivity contribution is -0.270. The van der Waals surface area contributed by atoms with E-state index in [9.17, 15) is 31.5 Å². The van der Waals surface area contributed by atoms with Gasteiger partial charge in [0.15, 0.2) is 0 Å². The van der Waals surface area contributed by atoms with Gasteiger partial charge in [-0.2, -0.15) is 22.0 Å². The highest BCUT2D eigenvalue weighted by Gasteiger charge is 2.64. The van der Waals surface area contributed by atoms with Crippen molar-refractivity contribution in [1.82, 2.24) is 5.32 Å². The van der Waals surface area contributed by atoms with E-state index in [4.69, 9.17) is 11.6 Å². The molecule has 1 aliphatic rings. The van der Waals surface area contributed by atoms with Crippen LogP contribution >= 0.6 is 11.6 Å². The van der Waals surface area contributed by atoms with Gasteiger partial charge in [0, 0.05) is 12.0 Å². The molecule has 0 spiro atoms. The maximum atomic E-state index is 12.8. The third kappa shape index (κ3) is 3.34. The van der Waals surface area contributed by atoms with Gasteiger partial charge in [-0.3, -0.25) is 9.59 Å².